The maximum Gasteiger partial charge on any atom is 0.209 e. The zero-order chi connectivity index (χ0) is 22.1. The number of aliphatic imine (C=N–C) groups is 1. The number of nitrogens with two attached hydrogens (primary N) is 1. The van der Waals surface area contributed by atoms with Crippen LogP contribution < -0.4 is 10.8 Å². The zero-order valence-corrected chi connectivity index (χ0v) is 19.5. The van der Waals surface area contributed by atoms with Gasteiger partial charge in [-0.2, -0.15) is 0 Å². The number of hydrogen-bond acceptors (Lipinski definition) is 4. The molecule has 5 heteroatoms. The average Bonchev–Trinajstić information content (AvgIpc) is 3.10. The topological polar surface area (TPSA) is 78.5 Å². The van der Waals surface area contributed by atoms with Crippen molar-refractivity contribution in [3.8, 4) is 0 Å². The lowest BCUT2D eigenvalue weighted by Gasteiger charge is -2.36. The van der Waals surface area contributed by atoms with Crippen LogP contribution in [0, 0.1) is 0 Å². The number of amidine groups is 1. The lowest BCUT2D eigenvalue weighted by Crippen LogP contribution is -2.60. The predicted molar refractivity (Wildman–Crippen MR) is 124 cm³/mol. The van der Waals surface area contributed by atoms with Gasteiger partial charge < -0.3 is 9.90 Å². The van der Waals surface area contributed by atoms with E-state index in [2.05, 4.69) is 24.1 Å². The monoisotopic (exact) mass is 419 g/mol. The van der Waals surface area contributed by atoms with Gasteiger partial charge in [-0.05, 0) is 25.7 Å². The van der Waals surface area contributed by atoms with Gasteiger partial charge in [-0.1, -0.05) is 83.3 Å². The number of quaternary nitrogens is 1. The van der Waals surface area contributed by atoms with Crippen molar-refractivity contribution in [2.75, 3.05) is 6.54 Å². The molecule has 0 amide bonds. The van der Waals surface area contributed by atoms with Crippen molar-refractivity contribution in [3.63, 3.8) is 0 Å². The van der Waals surface area contributed by atoms with E-state index in [0.717, 1.165) is 25.1 Å². The lowest BCUT2D eigenvalue weighted by molar-refractivity contribution is -0.808. The normalized spacial score (nSPS) is 19.5. The van der Waals surface area contributed by atoms with E-state index < -0.39 is 5.97 Å². The Bertz CT molecular complexity index is 555. The van der Waals surface area contributed by atoms with E-state index in [1.807, 2.05) is 6.92 Å². The van der Waals surface area contributed by atoms with Crippen molar-refractivity contribution >= 4 is 11.8 Å². The summed E-state index contributed by atoms with van der Waals surface area (Å²) in [6.45, 7) is 3.92. The number of carbonyl (C=O) groups excluding carboxylic acids is 1. The van der Waals surface area contributed by atoms with Crippen LogP contribution in [0.25, 0.3) is 0 Å². The van der Waals surface area contributed by atoms with Crippen LogP contribution in [0.5, 0.6) is 0 Å². The van der Waals surface area contributed by atoms with Gasteiger partial charge in [0.25, 0.3) is 0 Å². The van der Waals surface area contributed by atoms with E-state index in [0.29, 0.717) is 0 Å². The van der Waals surface area contributed by atoms with Crippen molar-refractivity contribution < 1.29 is 14.4 Å². The maximum atomic E-state index is 11.2. The first kappa shape index (κ1) is 26.6. The van der Waals surface area contributed by atoms with Crippen LogP contribution in [-0.4, -0.2) is 29.0 Å². The molecule has 0 saturated heterocycles. The van der Waals surface area contributed by atoms with E-state index >= 15 is 0 Å². The van der Waals surface area contributed by atoms with Gasteiger partial charge >= 0.3 is 0 Å². The summed E-state index contributed by atoms with van der Waals surface area (Å²) >= 11 is 0. The Morgan fingerprint density at radius 2 is 1.53 bits per heavy atom. The fourth-order valence-corrected chi connectivity index (χ4v) is 4.12. The molecule has 0 aromatic heterocycles. The Balaban J connectivity index is 1.99. The highest BCUT2D eigenvalue weighted by Gasteiger charge is 2.38. The minimum absolute atomic E-state index is 0.108. The van der Waals surface area contributed by atoms with Crippen LogP contribution in [0.4, 0.5) is 0 Å². The molecular formula is C25H45N3O2. The van der Waals surface area contributed by atoms with Crippen LogP contribution in [0.3, 0.4) is 0 Å². The number of carbonyl (C=O) groups is 1. The van der Waals surface area contributed by atoms with Gasteiger partial charge in [0.1, 0.15) is 18.9 Å². The molecule has 0 fully saturated rings. The summed E-state index contributed by atoms with van der Waals surface area (Å²) in [6.07, 6.45) is 26.6. The highest BCUT2D eigenvalue weighted by molar-refractivity contribution is 5.81. The molecule has 0 aromatic carbocycles. The summed E-state index contributed by atoms with van der Waals surface area (Å²) in [7, 11) is 0. The standard InChI is InChI=1S/C25H45N3O2/c1-3-4-5-6-7-8-9-10-11-12-13-14-15-16-17-18-19-24-27-20-21-28(24,23(2)26)22-25(29)30/h5-6,20-21,23H,3-4,7-19,22,26H2,1-2H3/b6-5+. The first-order chi connectivity index (χ1) is 14.5. The van der Waals surface area contributed by atoms with E-state index in [9.17, 15) is 9.90 Å². The number of aliphatic carboxylic acids is 1. The van der Waals surface area contributed by atoms with Crippen molar-refractivity contribution in [2.24, 2.45) is 10.7 Å². The average molecular weight is 420 g/mol. The lowest BCUT2D eigenvalue weighted by atomic mass is 10.0. The molecule has 1 aliphatic rings. The highest BCUT2D eigenvalue weighted by Crippen LogP contribution is 2.23. The van der Waals surface area contributed by atoms with Crippen molar-refractivity contribution in [1.29, 1.82) is 0 Å². The fourth-order valence-electron chi connectivity index (χ4n) is 4.12. The zero-order valence-electron chi connectivity index (χ0n) is 19.5. The van der Waals surface area contributed by atoms with E-state index in [1.165, 1.54) is 77.0 Å². The Morgan fingerprint density at radius 1 is 1.00 bits per heavy atom. The molecule has 0 spiro atoms. The van der Waals surface area contributed by atoms with Crippen molar-refractivity contribution in [2.45, 2.75) is 116 Å². The van der Waals surface area contributed by atoms with Crippen LogP contribution >= 0.6 is 0 Å². The van der Waals surface area contributed by atoms with Gasteiger partial charge in [-0.15, -0.1) is 0 Å². The Hall–Kier alpha value is -1.46. The van der Waals surface area contributed by atoms with Crippen LogP contribution in [0.1, 0.15) is 110 Å². The second kappa shape index (κ2) is 16.3. The Labute approximate surface area is 184 Å². The number of unbranched alkanes of at least 4 members (excludes halogenated alkanes) is 12. The molecule has 30 heavy (non-hydrogen) atoms. The first-order valence-electron chi connectivity index (χ1n) is 12.3. The van der Waals surface area contributed by atoms with Gasteiger partial charge in [-0.3, -0.25) is 5.73 Å². The Morgan fingerprint density at radius 3 is 2.07 bits per heavy atom. The number of carboxylic acid groups (broad SMARTS) is 1. The van der Waals surface area contributed by atoms with Gasteiger partial charge in [0.15, 0.2) is 0 Å². The molecule has 2 unspecified atom stereocenters. The summed E-state index contributed by atoms with van der Waals surface area (Å²) in [5, 5.41) is 11.2. The summed E-state index contributed by atoms with van der Waals surface area (Å²) in [5.41, 5.74) is 6.08. The molecule has 172 valence electrons. The molecular weight excluding hydrogens is 374 g/mol. The van der Waals surface area contributed by atoms with Gasteiger partial charge in [0.2, 0.25) is 5.84 Å². The minimum atomic E-state index is -1.09. The molecule has 0 radical (unpaired) electrons. The van der Waals surface area contributed by atoms with Crippen LogP contribution in [0.2, 0.25) is 0 Å². The number of allylic oxidation sites excluding steroid dienone is 2. The molecule has 0 bridgehead atoms. The number of carboxylic acids is 1. The predicted octanol–water partition coefficient (Wildman–Crippen LogP) is 5.17. The highest BCUT2D eigenvalue weighted by atomic mass is 16.4. The van der Waals surface area contributed by atoms with Crippen LogP contribution in [-0.2, 0) is 4.79 Å². The van der Waals surface area contributed by atoms with E-state index in [1.54, 1.807) is 12.4 Å². The first-order valence-corrected chi connectivity index (χ1v) is 12.3. The van der Waals surface area contributed by atoms with Crippen LogP contribution in [0.15, 0.2) is 29.5 Å². The molecule has 1 aliphatic heterocycles. The van der Waals surface area contributed by atoms with Gasteiger partial charge in [-0.25, -0.2) is 9.48 Å². The molecule has 2 atom stereocenters. The Kier molecular flexibility index (Phi) is 14.4. The molecule has 0 saturated carbocycles. The van der Waals surface area contributed by atoms with Gasteiger partial charge in [0.05, 0.1) is 12.2 Å². The van der Waals surface area contributed by atoms with Crippen molar-refractivity contribution in [1.82, 2.24) is 0 Å². The summed E-state index contributed by atoms with van der Waals surface area (Å²) < 4.78 is 0.108. The molecule has 0 aromatic rings. The third kappa shape index (κ3) is 10.5. The summed E-state index contributed by atoms with van der Waals surface area (Å²) in [6, 6.07) is 0. The molecule has 0 aliphatic carbocycles. The number of hydrogen-bond donors (Lipinski definition) is 1. The van der Waals surface area contributed by atoms with E-state index in [-0.39, 0.29) is 17.2 Å². The minimum Gasteiger partial charge on any atom is -0.544 e. The maximum absolute atomic E-state index is 11.2. The smallest absolute Gasteiger partial charge is 0.209 e. The second-order valence-corrected chi connectivity index (χ2v) is 8.73. The molecule has 5 nitrogen and oxygen atoms in total. The number of nitrogens with zero attached hydrogens (tertiary/aromatic N) is 2. The molecule has 1 heterocycles. The van der Waals surface area contributed by atoms with Crippen molar-refractivity contribution in [3.05, 3.63) is 24.6 Å². The summed E-state index contributed by atoms with van der Waals surface area (Å²) in [5.74, 6) is -0.231. The third-order valence-corrected chi connectivity index (χ3v) is 6.05. The molecule has 2 N–H and O–H groups in total. The molecule has 1 rings (SSSR count). The number of rotatable bonds is 19. The summed E-state index contributed by atoms with van der Waals surface area (Å²) in [4.78, 5) is 15.6. The van der Waals surface area contributed by atoms with Gasteiger partial charge in [0, 0.05) is 13.3 Å². The van der Waals surface area contributed by atoms with E-state index in [4.69, 9.17) is 5.73 Å². The SMILES string of the molecule is CCC/C=C/CCCCCCCCCCCCCC1=NC=C[N+]1(CC(=O)[O-])C(C)N. The fraction of sp³-hybridized carbons (Fsp3) is 0.760. The quantitative estimate of drug-likeness (QED) is 0.178. The largest absolute Gasteiger partial charge is 0.544 e. The second-order valence-electron chi connectivity index (χ2n) is 8.73. The third-order valence-electron chi connectivity index (χ3n) is 6.05.